The zero-order valence-electron chi connectivity index (χ0n) is 16.4. The third kappa shape index (κ3) is 5.03. The minimum absolute atomic E-state index is 0.0500. The van der Waals surface area contributed by atoms with E-state index in [0.29, 0.717) is 22.9 Å². The van der Waals surface area contributed by atoms with Crippen LogP contribution in [0.15, 0.2) is 48.5 Å². The van der Waals surface area contributed by atoms with Crippen LogP contribution in [0.3, 0.4) is 0 Å². The average Bonchev–Trinajstić information content (AvgIpc) is 2.73. The van der Waals surface area contributed by atoms with Crippen molar-refractivity contribution in [1.82, 2.24) is 4.90 Å². The molecule has 1 saturated heterocycles. The quantitative estimate of drug-likeness (QED) is 0.802. The van der Waals surface area contributed by atoms with Crippen molar-refractivity contribution in [1.29, 1.82) is 0 Å². The summed E-state index contributed by atoms with van der Waals surface area (Å²) in [6.45, 7) is 3.93. The van der Waals surface area contributed by atoms with E-state index in [2.05, 4.69) is 17.6 Å². The molecule has 148 valence electrons. The van der Waals surface area contributed by atoms with Crippen molar-refractivity contribution in [3.8, 4) is 5.75 Å². The fraction of sp³-hybridized carbons (Fsp3) is 0.364. The van der Waals surface area contributed by atoms with Gasteiger partial charge in [-0.2, -0.15) is 0 Å². The number of piperidine rings is 1. The molecule has 6 heteroatoms. The molecular formula is C22H27N3O3. The Kier molecular flexibility index (Phi) is 6.53. The van der Waals surface area contributed by atoms with Crippen molar-refractivity contribution in [2.75, 3.05) is 37.4 Å². The molecule has 0 bridgehead atoms. The number of carbonyl (C=O) groups excluding carboxylic acids is 2. The van der Waals surface area contributed by atoms with Crippen LogP contribution in [0.2, 0.25) is 0 Å². The van der Waals surface area contributed by atoms with E-state index in [4.69, 9.17) is 4.74 Å². The lowest BCUT2D eigenvalue weighted by Gasteiger charge is -2.30. The van der Waals surface area contributed by atoms with Crippen molar-refractivity contribution in [3.63, 3.8) is 0 Å². The lowest BCUT2D eigenvalue weighted by atomic mass is 9.98. The van der Waals surface area contributed by atoms with E-state index in [1.807, 2.05) is 35.2 Å². The van der Waals surface area contributed by atoms with Gasteiger partial charge in [0, 0.05) is 24.3 Å². The van der Waals surface area contributed by atoms with Gasteiger partial charge in [-0.1, -0.05) is 25.1 Å². The number of carbonyl (C=O) groups is 2. The third-order valence-corrected chi connectivity index (χ3v) is 5.01. The Morgan fingerprint density at radius 1 is 1.11 bits per heavy atom. The van der Waals surface area contributed by atoms with Crippen LogP contribution in [0.4, 0.5) is 11.4 Å². The standard InChI is InChI=1S/C22H27N3O3/c1-16-10-12-25(13-11-16)22(27)17-6-5-7-18(14-17)23-15-21(26)24-19-8-3-4-9-20(19)28-2/h3-9,14,16,23H,10-13,15H2,1-2H3,(H,24,26). The Labute approximate surface area is 165 Å². The first-order valence-corrected chi connectivity index (χ1v) is 9.63. The summed E-state index contributed by atoms with van der Waals surface area (Å²) in [4.78, 5) is 26.9. The van der Waals surface area contributed by atoms with Gasteiger partial charge in [-0.3, -0.25) is 9.59 Å². The molecule has 0 atom stereocenters. The van der Waals surface area contributed by atoms with Gasteiger partial charge in [-0.05, 0) is 49.1 Å². The summed E-state index contributed by atoms with van der Waals surface area (Å²) in [5, 5.41) is 5.91. The molecule has 0 aromatic heterocycles. The van der Waals surface area contributed by atoms with Crippen molar-refractivity contribution >= 4 is 23.2 Å². The summed E-state index contributed by atoms with van der Waals surface area (Å²) in [6.07, 6.45) is 2.10. The van der Waals surface area contributed by atoms with Gasteiger partial charge in [-0.25, -0.2) is 0 Å². The number of nitrogens with one attached hydrogen (secondary N) is 2. The summed E-state index contributed by atoms with van der Waals surface area (Å²) in [7, 11) is 1.56. The maximum absolute atomic E-state index is 12.7. The predicted octanol–water partition coefficient (Wildman–Crippen LogP) is 3.62. The molecule has 0 unspecified atom stereocenters. The molecule has 0 aliphatic carbocycles. The number of hydrogen-bond donors (Lipinski definition) is 2. The number of methoxy groups -OCH3 is 1. The van der Waals surface area contributed by atoms with Gasteiger partial charge in [0.2, 0.25) is 5.91 Å². The second kappa shape index (κ2) is 9.26. The van der Waals surface area contributed by atoms with E-state index in [0.717, 1.165) is 31.6 Å². The van der Waals surface area contributed by atoms with Crippen molar-refractivity contribution in [2.24, 2.45) is 5.92 Å². The van der Waals surface area contributed by atoms with Crippen LogP contribution in [0.25, 0.3) is 0 Å². The number of para-hydroxylation sites is 2. The molecule has 2 N–H and O–H groups in total. The summed E-state index contributed by atoms with van der Waals surface area (Å²) < 4.78 is 5.24. The summed E-state index contributed by atoms with van der Waals surface area (Å²) in [5.74, 6) is 1.15. The second-order valence-corrected chi connectivity index (χ2v) is 7.16. The minimum atomic E-state index is -0.189. The van der Waals surface area contributed by atoms with Crippen LogP contribution in [0, 0.1) is 5.92 Å². The lowest BCUT2D eigenvalue weighted by molar-refractivity contribution is -0.114. The van der Waals surface area contributed by atoms with Crippen LogP contribution in [-0.4, -0.2) is 43.5 Å². The maximum atomic E-state index is 12.7. The largest absolute Gasteiger partial charge is 0.495 e. The van der Waals surface area contributed by atoms with Gasteiger partial charge in [-0.15, -0.1) is 0 Å². The van der Waals surface area contributed by atoms with Crippen molar-refractivity contribution in [3.05, 3.63) is 54.1 Å². The Morgan fingerprint density at radius 3 is 2.61 bits per heavy atom. The molecule has 1 aliphatic rings. The predicted molar refractivity (Wildman–Crippen MR) is 111 cm³/mol. The smallest absolute Gasteiger partial charge is 0.253 e. The van der Waals surface area contributed by atoms with E-state index >= 15 is 0 Å². The molecule has 6 nitrogen and oxygen atoms in total. The SMILES string of the molecule is COc1ccccc1NC(=O)CNc1cccc(C(=O)N2CCC(C)CC2)c1. The second-order valence-electron chi connectivity index (χ2n) is 7.16. The Morgan fingerprint density at radius 2 is 1.86 bits per heavy atom. The Bertz CT molecular complexity index is 829. The Hall–Kier alpha value is -3.02. The average molecular weight is 381 g/mol. The highest BCUT2D eigenvalue weighted by Crippen LogP contribution is 2.23. The van der Waals surface area contributed by atoms with Crippen molar-refractivity contribution < 1.29 is 14.3 Å². The fourth-order valence-corrected chi connectivity index (χ4v) is 3.28. The molecule has 28 heavy (non-hydrogen) atoms. The number of rotatable bonds is 6. The van der Waals surface area contributed by atoms with Crippen LogP contribution in [0.5, 0.6) is 5.75 Å². The first-order chi connectivity index (χ1) is 13.6. The van der Waals surface area contributed by atoms with E-state index in [1.165, 1.54) is 0 Å². The first kappa shape index (κ1) is 19.7. The van der Waals surface area contributed by atoms with E-state index in [1.54, 1.807) is 25.3 Å². The summed E-state index contributed by atoms with van der Waals surface area (Å²) >= 11 is 0. The van der Waals surface area contributed by atoms with Crippen LogP contribution in [0.1, 0.15) is 30.1 Å². The minimum Gasteiger partial charge on any atom is -0.495 e. The molecule has 2 amide bonds. The van der Waals surface area contributed by atoms with Gasteiger partial charge in [0.05, 0.1) is 19.3 Å². The Balaban J connectivity index is 1.57. The third-order valence-electron chi connectivity index (χ3n) is 5.01. The molecule has 2 aromatic rings. The molecule has 1 fully saturated rings. The van der Waals surface area contributed by atoms with Crippen LogP contribution < -0.4 is 15.4 Å². The molecule has 0 radical (unpaired) electrons. The lowest BCUT2D eigenvalue weighted by Crippen LogP contribution is -2.37. The van der Waals surface area contributed by atoms with E-state index in [9.17, 15) is 9.59 Å². The number of anilines is 2. The maximum Gasteiger partial charge on any atom is 0.253 e. The number of likely N-dealkylation sites (tertiary alicyclic amines) is 1. The summed E-state index contributed by atoms with van der Waals surface area (Å²) in [5.41, 5.74) is 2.01. The number of amides is 2. The number of nitrogens with zero attached hydrogens (tertiary/aromatic N) is 1. The first-order valence-electron chi connectivity index (χ1n) is 9.63. The number of hydrogen-bond acceptors (Lipinski definition) is 4. The number of ether oxygens (including phenoxy) is 1. The van der Waals surface area contributed by atoms with Gasteiger partial charge < -0.3 is 20.3 Å². The van der Waals surface area contributed by atoms with Gasteiger partial charge in [0.1, 0.15) is 5.75 Å². The highest BCUT2D eigenvalue weighted by molar-refractivity contribution is 5.96. The van der Waals surface area contributed by atoms with Crippen molar-refractivity contribution in [2.45, 2.75) is 19.8 Å². The fourth-order valence-electron chi connectivity index (χ4n) is 3.28. The monoisotopic (exact) mass is 381 g/mol. The summed E-state index contributed by atoms with van der Waals surface area (Å²) in [6, 6.07) is 14.6. The van der Waals surface area contributed by atoms with Gasteiger partial charge in [0.15, 0.2) is 0 Å². The topological polar surface area (TPSA) is 70.7 Å². The van der Waals surface area contributed by atoms with E-state index in [-0.39, 0.29) is 18.4 Å². The highest BCUT2D eigenvalue weighted by atomic mass is 16.5. The van der Waals surface area contributed by atoms with Gasteiger partial charge >= 0.3 is 0 Å². The van der Waals surface area contributed by atoms with Crippen LogP contribution in [-0.2, 0) is 4.79 Å². The molecule has 3 rings (SSSR count). The molecule has 0 spiro atoms. The molecule has 1 aliphatic heterocycles. The molecule has 2 aromatic carbocycles. The molecular weight excluding hydrogens is 354 g/mol. The van der Waals surface area contributed by atoms with Gasteiger partial charge in [0.25, 0.3) is 5.91 Å². The normalized spacial score (nSPS) is 14.4. The zero-order chi connectivity index (χ0) is 19.9. The molecule has 0 saturated carbocycles. The van der Waals surface area contributed by atoms with E-state index < -0.39 is 0 Å². The van der Waals surface area contributed by atoms with Crippen LogP contribution >= 0.6 is 0 Å². The highest BCUT2D eigenvalue weighted by Gasteiger charge is 2.21. The number of benzene rings is 2. The molecule has 1 heterocycles. The zero-order valence-corrected chi connectivity index (χ0v) is 16.4.